The zero-order valence-electron chi connectivity index (χ0n) is 12.4. The van der Waals surface area contributed by atoms with Crippen molar-refractivity contribution in [3.05, 3.63) is 35.6 Å². The van der Waals surface area contributed by atoms with Gasteiger partial charge in [-0.15, -0.1) is 0 Å². The van der Waals surface area contributed by atoms with Crippen molar-refractivity contribution in [2.75, 3.05) is 0 Å². The van der Waals surface area contributed by atoms with Crippen molar-refractivity contribution in [1.82, 2.24) is 5.32 Å². The van der Waals surface area contributed by atoms with E-state index < -0.39 is 16.3 Å². The van der Waals surface area contributed by atoms with Crippen molar-refractivity contribution in [2.45, 2.75) is 44.2 Å². The molecule has 3 nitrogen and oxygen atoms in total. The molecule has 114 valence electrons. The van der Waals surface area contributed by atoms with Gasteiger partial charge in [0.1, 0.15) is 16.2 Å². The number of alkyl halides is 1. The van der Waals surface area contributed by atoms with Crippen molar-refractivity contribution < 1.29 is 13.6 Å². The molecule has 0 saturated heterocycles. The molecule has 1 heterocycles. The van der Waals surface area contributed by atoms with E-state index in [1.54, 1.807) is 25.1 Å². The van der Waals surface area contributed by atoms with Crippen LogP contribution in [0.3, 0.4) is 0 Å². The molecule has 2 rings (SSSR count). The maximum absolute atomic E-state index is 14.2. The van der Waals surface area contributed by atoms with E-state index in [9.17, 15) is 13.6 Å². The SMILES string of the molecule is C[C@H](NC1=NC(=O)[C@@](C)(C(C)(C)F)S1)c1ccccc1F. The molecule has 1 aromatic carbocycles. The van der Waals surface area contributed by atoms with Crippen LogP contribution in [0.25, 0.3) is 0 Å². The number of aliphatic imine (C=N–C) groups is 1. The molecule has 0 radical (unpaired) electrons. The number of halogens is 2. The summed E-state index contributed by atoms with van der Waals surface area (Å²) in [5.74, 6) is -0.843. The number of thioether (sulfide) groups is 1. The van der Waals surface area contributed by atoms with E-state index in [1.165, 1.54) is 26.8 Å². The Labute approximate surface area is 127 Å². The average molecular weight is 312 g/mol. The van der Waals surface area contributed by atoms with Crippen molar-refractivity contribution in [3.8, 4) is 0 Å². The minimum absolute atomic E-state index is 0.323. The monoisotopic (exact) mass is 312 g/mol. The van der Waals surface area contributed by atoms with Crippen molar-refractivity contribution in [1.29, 1.82) is 0 Å². The van der Waals surface area contributed by atoms with Crippen LogP contribution in [-0.4, -0.2) is 21.5 Å². The molecule has 0 bridgehead atoms. The summed E-state index contributed by atoms with van der Waals surface area (Å²) in [6.45, 7) is 6.02. The summed E-state index contributed by atoms with van der Waals surface area (Å²) in [7, 11) is 0. The van der Waals surface area contributed by atoms with Crippen LogP contribution in [0.4, 0.5) is 8.78 Å². The minimum atomic E-state index is -1.71. The smallest absolute Gasteiger partial charge is 0.267 e. The summed E-state index contributed by atoms with van der Waals surface area (Å²) in [6, 6.07) is 6.01. The van der Waals surface area contributed by atoms with Crippen LogP contribution >= 0.6 is 11.8 Å². The third-order valence-electron chi connectivity index (χ3n) is 3.76. The Morgan fingerprint density at radius 1 is 1.38 bits per heavy atom. The summed E-state index contributed by atoms with van der Waals surface area (Å²) in [5.41, 5.74) is -1.23. The molecule has 2 atom stereocenters. The molecule has 1 amide bonds. The van der Waals surface area contributed by atoms with Gasteiger partial charge in [0.15, 0.2) is 5.17 Å². The van der Waals surface area contributed by atoms with Gasteiger partial charge in [0.25, 0.3) is 5.91 Å². The van der Waals surface area contributed by atoms with Crippen LogP contribution in [-0.2, 0) is 4.79 Å². The molecule has 1 aromatic rings. The lowest BCUT2D eigenvalue weighted by atomic mass is 9.93. The van der Waals surface area contributed by atoms with Crippen LogP contribution in [0, 0.1) is 5.82 Å². The Hall–Kier alpha value is -1.43. The first-order valence-electron chi connectivity index (χ1n) is 6.67. The number of hydrogen-bond acceptors (Lipinski definition) is 3. The fraction of sp³-hybridized carbons (Fsp3) is 0.467. The van der Waals surface area contributed by atoms with E-state index in [0.717, 1.165) is 11.8 Å². The highest BCUT2D eigenvalue weighted by atomic mass is 32.2. The third kappa shape index (κ3) is 2.95. The van der Waals surface area contributed by atoms with E-state index in [1.807, 2.05) is 0 Å². The largest absolute Gasteiger partial charge is 0.358 e. The Kier molecular flexibility index (Phi) is 4.10. The van der Waals surface area contributed by atoms with Gasteiger partial charge < -0.3 is 5.32 Å². The van der Waals surface area contributed by atoms with E-state index in [-0.39, 0.29) is 11.9 Å². The first kappa shape index (κ1) is 15.9. The average Bonchev–Trinajstić information content (AvgIpc) is 2.65. The molecule has 0 spiro atoms. The van der Waals surface area contributed by atoms with E-state index >= 15 is 0 Å². The first-order chi connectivity index (χ1) is 9.65. The van der Waals surface area contributed by atoms with E-state index in [2.05, 4.69) is 10.3 Å². The fourth-order valence-corrected chi connectivity index (χ4v) is 3.11. The Balaban J connectivity index is 2.14. The van der Waals surface area contributed by atoms with Crippen molar-refractivity contribution >= 4 is 22.8 Å². The predicted octanol–water partition coefficient (Wildman–Crippen LogP) is 3.61. The van der Waals surface area contributed by atoms with Gasteiger partial charge in [0, 0.05) is 5.56 Å². The van der Waals surface area contributed by atoms with Crippen LogP contribution in [0.2, 0.25) is 0 Å². The minimum Gasteiger partial charge on any atom is -0.358 e. The van der Waals surface area contributed by atoms with Crippen LogP contribution < -0.4 is 5.32 Å². The molecule has 0 unspecified atom stereocenters. The number of carbonyl (C=O) groups excluding carboxylic acids is 1. The van der Waals surface area contributed by atoms with Gasteiger partial charge >= 0.3 is 0 Å². The fourth-order valence-electron chi connectivity index (χ4n) is 1.99. The van der Waals surface area contributed by atoms with Gasteiger partial charge in [-0.05, 0) is 33.8 Å². The predicted molar refractivity (Wildman–Crippen MR) is 81.6 cm³/mol. The van der Waals surface area contributed by atoms with E-state index in [4.69, 9.17) is 0 Å². The van der Waals surface area contributed by atoms with Gasteiger partial charge in [-0.25, -0.2) is 8.78 Å². The second-order valence-electron chi connectivity index (χ2n) is 5.72. The lowest BCUT2D eigenvalue weighted by Gasteiger charge is -2.30. The van der Waals surface area contributed by atoms with Crippen LogP contribution in [0.5, 0.6) is 0 Å². The molecular formula is C15H18F2N2OS. The number of nitrogens with one attached hydrogen (secondary N) is 1. The van der Waals surface area contributed by atoms with Crippen molar-refractivity contribution in [2.24, 2.45) is 4.99 Å². The Bertz CT molecular complexity index is 598. The topological polar surface area (TPSA) is 41.5 Å². The maximum atomic E-state index is 14.2. The molecule has 0 aliphatic carbocycles. The van der Waals surface area contributed by atoms with Gasteiger partial charge in [-0.2, -0.15) is 4.99 Å². The van der Waals surface area contributed by atoms with Gasteiger partial charge in [0.05, 0.1) is 6.04 Å². The number of benzene rings is 1. The van der Waals surface area contributed by atoms with Crippen LogP contribution in [0.15, 0.2) is 29.3 Å². The number of rotatable bonds is 3. The zero-order chi connectivity index (χ0) is 15.8. The Morgan fingerprint density at radius 3 is 2.52 bits per heavy atom. The van der Waals surface area contributed by atoms with Gasteiger partial charge in [0.2, 0.25) is 0 Å². The third-order valence-corrected chi connectivity index (χ3v) is 5.23. The summed E-state index contributed by atoms with van der Waals surface area (Å²) in [6.07, 6.45) is 0. The summed E-state index contributed by atoms with van der Waals surface area (Å²) >= 11 is 1.05. The summed E-state index contributed by atoms with van der Waals surface area (Å²) < 4.78 is 26.7. The lowest BCUT2D eigenvalue weighted by molar-refractivity contribution is -0.122. The molecular weight excluding hydrogens is 294 g/mol. The summed E-state index contributed by atoms with van der Waals surface area (Å²) in [4.78, 5) is 15.8. The second kappa shape index (κ2) is 5.40. The highest BCUT2D eigenvalue weighted by molar-refractivity contribution is 8.16. The molecule has 0 fully saturated rings. The number of nitrogens with zero attached hydrogens (tertiary/aromatic N) is 1. The molecule has 1 aliphatic heterocycles. The highest BCUT2D eigenvalue weighted by Gasteiger charge is 2.53. The molecule has 1 aliphatic rings. The normalized spacial score (nSPS) is 23.9. The highest BCUT2D eigenvalue weighted by Crippen LogP contribution is 2.44. The number of amidine groups is 1. The van der Waals surface area contributed by atoms with E-state index in [0.29, 0.717) is 10.7 Å². The van der Waals surface area contributed by atoms with Crippen molar-refractivity contribution in [3.63, 3.8) is 0 Å². The molecule has 0 saturated carbocycles. The molecule has 1 N–H and O–H groups in total. The number of hydrogen-bond donors (Lipinski definition) is 1. The Morgan fingerprint density at radius 2 is 2.00 bits per heavy atom. The standard InChI is InChI=1S/C15H18F2N2OS/c1-9(10-7-5-6-8-11(10)16)18-13-19-12(20)15(4,21-13)14(2,3)17/h5-9H,1-4H3,(H,18,19,20)/t9-,15-/m0/s1. The molecule has 21 heavy (non-hydrogen) atoms. The van der Waals surface area contributed by atoms with Gasteiger partial charge in [-0.1, -0.05) is 30.0 Å². The van der Waals surface area contributed by atoms with Crippen LogP contribution in [0.1, 0.15) is 39.3 Å². The second-order valence-corrected chi connectivity index (χ2v) is 7.12. The lowest BCUT2D eigenvalue weighted by Crippen LogP contribution is -2.45. The number of amides is 1. The molecule has 6 heteroatoms. The van der Waals surface area contributed by atoms with Gasteiger partial charge in [-0.3, -0.25) is 4.79 Å². The summed E-state index contributed by atoms with van der Waals surface area (Å²) in [5, 5.41) is 3.30. The molecule has 0 aromatic heterocycles. The first-order valence-corrected chi connectivity index (χ1v) is 7.49. The maximum Gasteiger partial charge on any atom is 0.267 e. The zero-order valence-corrected chi connectivity index (χ0v) is 13.2. The quantitative estimate of drug-likeness (QED) is 0.927. The number of carbonyl (C=O) groups is 1.